The van der Waals surface area contributed by atoms with Gasteiger partial charge >= 0.3 is 0 Å². The van der Waals surface area contributed by atoms with Crippen molar-refractivity contribution in [2.24, 2.45) is 0 Å². The molecule has 0 spiro atoms. The monoisotopic (exact) mass is 243 g/mol. The van der Waals surface area contributed by atoms with Crippen molar-refractivity contribution in [1.82, 2.24) is 15.5 Å². The van der Waals surface area contributed by atoms with E-state index in [1.807, 2.05) is 6.07 Å². The zero-order chi connectivity index (χ0) is 12.5. The Morgan fingerprint density at radius 2 is 2.17 bits per heavy atom. The van der Waals surface area contributed by atoms with Crippen molar-refractivity contribution in [1.29, 1.82) is 0 Å². The minimum Gasteiger partial charge on any atom is -0.337 e. The minimum absolute atomic E-state index is 0.234. The second kappa shape index (κ2) is 4.53. The van der Waals surface area contributed by atoms with Gasteiger partial charge < -0.3 is 9.84 Å². The third-order valence-corrected chi connectivity index (χ3v) is 3.57. The number of aryl methyl sites for hydroxylation is 2. The molecule has 1 unspecified atom stereocenters. The molecule has 1 fully saturated rings. The van der Waals surface area contributed by atoms with Gasteiger partial charge in [0.1, 0.15) is 0 Å². The lowest BCUT2D eigenvalue weighted by molar-refractivity contribution is 0.345. The van der Waals surface area contributed by atoms with E-state index < -0.39 is 0 Å². The van der Waals surface area contributed by atoms with E-state index in [9.17, 15) is 0 Å². The van der Waals surface area contributed by atoms with Gasteiger partial charge in [-0.3, -0.25) is 0 Å². The smallest absolute Gasteiger partial charge is 0.244 e. The zero-order valence-corrected chi connectivity index (χ0v) is 10.7. The molecule has 4 heteroatoms. The summed E-state index contributed by atoms with van der Waals surface area (Å²) in [5, 5.41) is 7.44. The van der Waals surface area contributed by atoms with E-state index in [2.05, 4.69) is 41.4 Å². The number of nitrogens with zero attached hydrogens (tertiary/aromatic N) is 2. The molecule has 1 aromatic heterocycles. The highest BCUT2D eigenvalue weighted by atomic mass is 16.5. The Balaban J connectivity index is 1.89. The van der Waals surface area contributed by atoms with Gasteiger partial charge in [-0.05, 0) is 50.4 Å². The summed E-state index contributed by atoms with van der Waals surface area (Å²) < 4.78 is 5.35. The molecule has 94 valence electrons. The summed E-state index contributed by atoms with van der Waals surface area (Å²) in [7, 11) is 0. The van der Waals surface area contributed by atoms with Gasteiger partial charge in [-0.1, -0.05) is 17.3 Å². The molecule has 0 bridgehead atoms. The fraction of sp³-hybridized carbons (Fsp3) is 0.429. The quantitative estimate of drug-likeness (QED) is 0.881. The van der Waals surface area contributed by atoms with Crippen LogP contribution in [0.3, 0.4) is 0 Å². The van der Waals surface area contributed by atoms with Crippen LogP contribution in [-0.2, 0) is 0 Å². The van der Waals surface area contributed by atoms with Crippen LogP contribution in [0.15, 0.2) is 22.7 Å². The maximum atomic E-state index is 5.35. The van der Waals surface area contributed by atoms with E-state index >= 15 is 0 Å². The van der Waals surface area contributed by atoms with Crippen molar-refractivity contribution in [3.8, 4) is 11.4 Å². The molecule has 1 N–H and O–H groups in total. The van der Waals surface area contributed by atoms with Gasteiger partial charge in [0.2, 0.25) is 11.7 Å². The Bertz CT molecular complexity index is 556. The van der Waals surface area contributed by atoms with Crippen LogP contribution in [0.5, 0.6) is 0 Å². The number of hydrogen-bond donors (Lipinski definition) is 1. The first-order chi connectivity index (χ1) is 8.74. The van der Waals surface area contributed by atoms with E-state index in [4.69, 9.17) is 4.52 Å². The Morgan fingerprint density at radius 3 is 2.89 bits per heavy atom. The van der Waals surface area contributed by atoms with Gasteiger partial charge in [0, 0.05) is 5.56 Å². The molecule has 18 heavy (non-hydrogen) atoms. The van der Waals surface area contributed by atoms with Gasteiger partial charge in [0.25, 0.3) is 0 Å². The molecule has 1 aliphatic rings. The average Bonchev–Trinajstić information content (AvgIpc) is 3.01. The van der Waals surface area contributed by atoms with Crippen molar-refractivity contribution in [3.05, 3.63) is 35.2 Å². The third-order valence-electron chi connectivity index (χ3n) is 3.57. The molecule has 2 heterocycles. The highest BCUT2D eigenvalue weighted by Crippen LogP contribution is 2.25. The predicted octanol–water partition coefficient (Wildman–Crippen LogP) is 2.78. The summed E-state index contributed by atoms with van der Waals surface area (Å²) in [6.07, 6.45) is 2.25. The standard InChI is InChI=1S/C14H17N3O/c1-9-5-6-11(8-10(9)2)13-16-14(18-17-13)12-4-3-7-15-12/h5-6,8,12,15H,3-4,7H2,1-2H3. The normalized spacial score (nSPS) is 19.3. The van der Waals surface area contributed by atoms with Gasteiger partial charge in [-0.25, -0.2) is 0 Å². The van der Waals surface area contributed by atoms with Crippen LogP contribution in [0.1, 0.15) is 35.9 Å². The topological polar surface area (TPSA) is 51.0 Å². The van der Waals surface area contributed by atoms with Crippen LogP contribution in [-0.4, -0.2) is 16.7 Å². The molecule has 3 rings (SSSR count). The number of aromatic nitrogens is 2. The Hall–Kier alpha value is -1.68. The SMILES string of the molecule is Cc1ccc(-c2noc(C3CCCN3)n2)cc1C. The Labute approximate surface area is 106 Å². The van der Waals surface area contributed by atoms with Gasteiger partial charge in [-0.2, -0.15) is 4.98 Å². The van der Waals surface area contributed by atoms with Crippen molar-refractivity contribution >= 4 is 0 Å². The molecular formula is C14H17N3O. The lowest BCUT2D eigenvalue weighted by Crippen LogP contribution is -2.12. The number of benzene rings is 1. The van der Waals surface area contributed by atoms with Crippen LogP contribution >= 0.6 is 0 Å². The van der Waals surface area contributed by atoms with Crippen LogP contribution in [0.2, 0.25) is 0 Å². The van der Waals surface area contributed by atoms with Gasteiger partial charge in [0.15, 0.2) is 0 Å². The lowest BCUT2D eigenvalue weighted by atomic mass is 10.1. The fourth-order valence-corrected chi connectivity index (χ4v) is 2.27. The van der Waals surface area contributed by atoms with Crippen LogP contribution in [0, 0.1) is 13.8 Å². The molecule has 2 aromatic rings. The molecule has 0 radical (unpaired) electrons. The lowest BCUT2D eigenvalue weighted by Gasteiger charge is -2.02. The van der Waals surface area contributed by atoms with E-state index in [0.29, 0.717) is 11.7 Å². The predicted molar refractivity (Wildman–Crippen MR) is 69.2 cm³/mol. The summed E-state index contributed by atoms with van der Waals surface area (Å²) in [5.74, 6) is 1.39. The number of rotatable bonds is 2. The third kappa shape index (κ3) is 2.04. The van der Waals surface area contributed by atoms with Crippen molar-refractivity contribution in [3.63, 3.8) is 0 Å². The van der Waals surface area contributed by atoms with Crippen molar-refractivity contribution in [2.75, 3.05) is 6.54 Å². The second-order valence-electron chi connectivity index (χ2n) is 4.90. The molecule has 1 aliphatic heterocycles. The minimum atomic E-state index is 0.234. The first kappa shape index (κ1) is 11.4. The Morgan fingerprint density at radius 1 is 1.28 bits per heavy atom. The van der Waals surface area contributed by atoms with E-state index in [0.717, 1.165) is 18.5 Å². The molecule has 0 saturated carbocycles. The average molecular weight is 243 g/mol. The fourth-order valence-electron chi connectivity index (χ4n) is 2.27. The summed E-state index contributed by atoms with van der Waals surface area (Å²) >= 11 is 0. The Kier molecular flexibility index (Phi) is 2.88. The maximum absolute atomic E-state index is 5.35. The molecular weight excluding hydrogens is 226 g/mol. The molecule has 0 aliphatic carbocycles. The van der Waals surface area contributed by atoms with E-state index in [1.54, 1.807) is 0 Å². The number of nitrogens with one attached hydrogen (secondary N) is 1. The van der Waals surface area contributed by atoms with Crippen molar-refractivity contribution < 1.29 is 4.52 Å². The second-order valence-corrected chi connectivity index (χ2v) is 4.90. The summed E-state index contributed by atoms with van der Waals surface area (Å²) in [4.78, 5) is 4.49. The highest BCUT2D eigenvalue weighted by Gasteiger charge is 2.22. The molecule has 1 saturated heterocycles. The molecule has 0 amide bonds. The van der Waals surface area contributed by atoms with E-state index in [1.165, 1.54) is 17.5 Å². The first-order valence-electron chi connectivity index (χ1n) is 6.38. The van der Waals surface area contributed by atoms with Crippen molar-refractivity contribution in [2.45, 2.75) is 32.7 Å². The first-order valence-corrected chi connectivity index (χ1v) is 6.38. The molecule has 4 nitrogen and oxygen atoms in total. The molecule has 1 aromatic carbocycles. The van der Waals surface area contributed by atoms with Gasteiger partial charge in [0.05, 0.1) is 6.04 Å². The molecule has 1 atom stereocenters. The number of hydrogen-bond acceptors (Lipinski definition) is 4. The van der Waals surface area contributed by atoms with E-state index in [-0.39, 0.29) is 6.04 Å². The summed E-state index contributed by atoms with van der Waals surface area (Å²) in [6, 6.07) is 6.47. The van der Waals surface area contributed by atoms with Crippen LogP contribution in [0.4, 0.5) is 0 Å². The zero-order valence-electron chi connectivity index (χ0n) is 10.7. The summed E-state index contributed by atoms with van der Waals surface area (Å²) in [6.45, 7) is 5.23. The summed E-state index contributed by atoms with van der Waals surface area (Å²) in [5.41, 5.74) is 3.55. The largest absolute Gasteiger partial charge is 0.337 e. The highest BCUT2D eigenvalue weighted by molar-refractivity contribution is 5.56. The van der Waals surface area contributed by atoms with Crippen LogP contribution in [0.25, 0.3) is 11.4 Å². The maximum Gasteiger partial charge on any atom is 0.244 e. The van der Waals surface area contributed by atoms with Gasteiger partial charge in [-0.15, -0.1) is 0 Å². The van der Waals surface area contributed by atoms with Crippen LogP contribution < -0.4 is 5.32 Å².